The molecule has 0 unspecified atom stereocenters. The highest BCUT2D eigenvalue weighted by Gasteiger charge is 2.19. The molecule has 2 N–H and O–H groups in total. The average molecular weight is 273 g/mol. The zero-order chi connectivity index (χ0) is 14.5. The minimum absolute atomic E-state index is 0.130. The molecule has 4 heteroatoms. The van der Waals surface area contributed by atoms with Crippen LogP contribution in [0.3, 0.4) is 0 Å². The summed E-state index contributed by atoms with van der Waals surface area (Å²) in [6.45, 7) is 2.47. The molecule has 1 atom stereocenters. The molecule has 0 aliphatic rings. The molecule has 0 saturated heterocycles. The summed E-state index contributed by atoms with van der Waals surface area (Å²) in [5, 5.41) is 2.08. The van der Waals surface area contributed by atoms with Gasteiger partial charge in [0.25, 0.3) is 0 Å². The van der Waals surface area contributed by atoms with E-state index in [9.17, 15) is 4.79 Å². The summed E-state index contributed by atoms with van der Waals surface area (Å²) in [5.41, 5.74) is 7.04. The molecule has 0 heterocycles. The summed E-state index contributed by atoms with van der Waals surface area (Å²) >= 11 is 0. The summed E-state index contributed by atoms with van der Waals surface area (Å²) in [5.74, 6) is 0.399. The number of hydrogen-bond acceptors (Lipinski definition) is 4. The van der Waals surface area contributed by atoms with Gasteiger partial charge in [-0.1, -0.05) is 30.3 Å². The van der Waals surface area contributed by atoms with E-state index in [0.717, 1.165) is 22.1 Å². The van der Waals surface area contributed by atoms with E-state index in [1.807, 2.05) is 43.3 Å². The largest absolute Gasteiger partial charge is 0.494 e. The van der Waals surface area contributed by atoms with E-state index in [0.29, 0.717) is 6.61 Å². The van der Waals surface area contributed by atoms with E-state index in [4.69, 9.17) is 15.2 Å². The van der Waals surface area contributed by atoms with Crippen molar-refractivity contribution in [1.29, 1.82) is 0 Å². The van der Waals surface area contributed by atoms with Crippen molar-refractivity contribution in [2.45, 2.75) is 19.4 Å². The zero-order valence-corrected chi connectivity index (χ0v) is 11.8. The Hall–Kier alpha value is -2.07. The maximum atomic E-state index is 11.5. The molecule has 20 heavy (non-hydrogen) atoms. The number of carbonyl (C=O) groups excluding carboxylic acids is 1. The first-order valence-electron chi connectivity index (χ1n) is 6.64. The van der Waals surface area contributed by atoms with Gasteiger partial charge in [-0.2, -0.15) is 0 Å². The first-order valence-corrected chi connectivity index (χ1v) is 6.64. The summed E-state index contributed by atoms with van der Waals surface area (Å²) < 4.78 is 10.3. The third-order valence-corrected chi connectivity index (χ3v) is 3.22. The molecular formula is C16H19NO3. The fourth-order valence-electron chi connectivity index (χ4n) is 2.30. The Labute approximate surface area is 118 Å². The highest BCUT2D eigenvalue weighted by atomic mass is 16.5. The lowest BCUT2D eigenvalue weighted by molar-refractivity contribution is -0.141. The van der Waals surface area contributed by atoms with E-state index >= 15 is 0 Å². The molecule has 0 fully saturated rings. The summed E-state index contributed by atoms with van der Waals surface area (Å²) in [4.78, 5) is 11.5. The van der Waals surface area contributed by atoms with Gasteiger partial charge in [-0.15, -0.1) is 0 Å². The molecule has 0 aromatic heterocycles. The lowest BCUT2D eigenvalue weighted by atomic mass is 9.96. The predicted octanol–water partition coefficient (Wildman–Crippen LogP) is 2.80. The number of fused-ring (bicyclic) bond motifs is 1. The second kappa shape index (κ2) is 6.39. The van der Waals surface area contributed by atoms with Gasteiger partial charge in [0.1, 0.15) is 5.75 Å². The number of benzene rings is 2. The summed E-state index contributed by atoms with van der Waals surface area (Å²) in [6.07, 6.45) is 0.130. The minimum atomic E-state index is -0.449. The van der Waals surface area contributed by atoms with E-state index in [2.05, 4.69) is 0 Å². The molecule has 4 nitrogen and oxygen atoms in total. The molecule has 0 aliphatic heterocycles. The first kappa shape index (κ1) is 14.3. The van der Waals surface area contributed by atoms with Crippen molar-refractivity contribution in [3.05, 3.63) is 42.0 Å². The summed E-state index contributed by atoms with van der Waals surface area (Å²) in [6, 6.07) is 11.4. The van der Waals surface area contributed by atoms with Crippen molar-refractivity contribution in [2.24, 2.45) is 5.73 Å². The standard InChI is InChI=1S/C16H19NO3/c1-3-20-14-9-8-11-6-4-5-7-12(11)16(14)13(17)10-15(18)19-2/h4-9,13H,3,10,17H2,1-2H3/t13-/m1/s1. The monoisotopic (exact) mass is 273 g/mol. The third-order valence-electron chi connectivity index (χ3n) is 3.22. The van der Waals surface area contributed by atoms with E-state index in [-0.39, 0.29) is 12.4 Å². The fraction of sp³-hybridized carbons (Fsp3) is 0.312. The van der Waals surface area contributed by atoms with E-state index in [1.54, 1.807) is 0 Å². The second-order valence-electron chi connectivity index (χ2n) is 4.52. The smallest absolute Gasteiger partial charge is 0.307 e. The van der Waals surface area contributed by atoms with Gasteiger partial charge in [0.15, 0.2) is 0 Å². The maximum Gasteiger partial charge on any atom is 0.307 e. The van der Waals surface area contributed by atoms with Crippen LogP contribution >= 0.6 is 0 Å². The maximum absolute atomic E-state index is 11.5. The lowest BCUT2D eigenvalue weighted by Crippen LogP contribution is -2.17. The Kier molecular flexibility index (Phi) is 4.58. The molecule has 0 amide bonds. The Morgan fingerprint density at radius 2 is 2.00 bits per heavy atom. The second-order valence-corrected chi connectivity index (χ2v) is 4.52. The number of rotatable bonds is 5. The van der Waals surface area contributed by atoms with Crippen LogP contribution in [-0.4, -0.2) is 19.7 Å². The first-order chi connectivity index (χ1) is 9.67. The molecule has 0 saturated carbocycles. The predicted molar refractivity (Wildman–Crippen MR) is 78.7 cm³/mol. The van der Waals surface area contributed by atoms with Crippen LogP contribution < -0.4 is 10.5 Å². The van der Waals surface area contributed by atoms with Gasteiger partial charge in [-0.25, -0.2) is 0 Å². The lowest BCUT2D eigenvalue weighted by Gasteiger charge is -2.18. The van der Waals surface area contributed by atoms with Crippen LogP contribution in [0, 0.1) is 0 Å². The van der Waals surface area contributed by atoms with E-state index < -0.39 is 6.04 Å². The van der Waals surface area contributed by atoms with Gasteiger partial charge in [-0.3, -0.25) is 4.79 Å². The molecule has 0 spiro atoms. The number of methoxy groups -OCH3 is 1. The molecule has 0 bridgehead atoms. The average Bonchev–Trinajstić information content (AvgIpc) is 2.47. The minimum Gasteiger partial charge on any atom is -0.494 e. The highest BCUT2D eigenvalue weighted by molar-refractivity contribution is 5.88. The third kappa shape index (κ3) is 2.91. The van der Waals surface area contributed by atoms with Crippen LogP contribution in [0.25, 0.3) is 10.8 Å². The number of esters is 1. The van der Waals surface area contributed by atoms with Crippen molar-refractivity contribution in [3.8, 4) is 5.75 Å². The van der Waals surface area contributed by atoms with Crippen molar-refractivity contribution < 1.29 is 14.3 Å². The van der Waals surface area contributed by atoms with Crippen molar-refractivity contribution in [3.63, 3.8) is 0 Å². The Morgan fingerprint density at radius 3 is 2.70 bits per heavy atom. The van der Waals surface area contributed by atoms with Crippen LogP contribution in [0.15, 0.2) is 36.4 Å². The van der Waals surface area contributed by atoms with Crippen molar-refractivity contribution in [2.75, 3.05) is 13.7 Å². The van der Waals surface area contributed by atoms with Crippen LogP contribution in [0.5, 0.6) is 5.75 Å². The Bertz CT molecular complexity index is 610. The highest BCUT2D eigenvalue weighted by Crippen LogP contribution is 2.33. The SMILES string of the molecule is CCOc1ccc2ccccc2c1[C@H](N)CC(=O)OC. The van der Waals surface area contributed by atoms with Crippen molar-refractivity contribution in [1.82, 2.24) is 0 Å². The van der Waals surface area contributed by atoms with Gasteiger partial charge in [0.05, 0.1) is 20.1 Å². The van der Waals surface area contributed by atoms with Crippen LogP contribution in [0.4, 0.5) is 0 Å². The number of carbonyl (C=O) groups is 1. The molecule has 0 radical (unpaired) electrons. The van der Waals surface area contributed by atoms with Crippen LogP contribution in [0.2, 0.25) is 0 Å². The quantitative estimate of drug-likeness (QED) is 0.851. The van der Waals surface area contributed by atoms with E-state index in [1.165, 1.54) is 7.11 Å². The Morgan fingerprint density at radius 1 is 1.25 bits per heavy atom. The van der Waals surface area contributed by atoms with Gasteiger partial charge < -0.3 is 15.2 Å². The van der Waals surface area contributed by atoms with Crippen LogP contribution in [-0.2, 0) is 9.53 Å². The van der Waals surface area contributed by atoms with Gasteiger partial charge in [0, 0.05) is 11.6 Å². The van der Waals surface area contributed by atoms with Crippen LogP contribution in [0.1, 0.15) is 24.9 Å². The fourth-order valence-corrected chi connectivity index (χ4v) is 2.30. The molecule has 2 rings (SSSR count). The number of ether oxygens (including phenoxy) is 2. The summed E-state index contributed by atoms with van der Waals surface area (Å²) in [7, 11) is 1.36. The van der Waals surface area contributed by atoms with Gasteiger partial charge >= 0.3 is 5.97 Å². The van der Waals surface area contributed by atoms with Gasteiger partial charge in [0.2, 0.25) is 0 Å². The molecule has 2 aromatic rings. The number of hydrogen-bond donors (Lipinski definition) is 1. The zero-order valence-electron chi connectivity index (χ0n) is 11.8. The van der Waals surface area contributed by atoms with Crippen molar-refractivity contribution >= 4 is 16.7 Å². The topological polar surface area (TPSA) is 61.5 Å². The normalized spacial score (nSPS) is 12.2. The number of nitrogens with two attached hydrogens (primary N) is 1. The molecule has 0 aliphatic carbocycles. The molecular weight excluding hydrogens is 254 g/mol. The molecule has 2 aromatic carbocycles. The molecule has 106 valence electrons. The van der Waals surface area contributed by atoms with Gasteiger partial charge in [-0.05, 0) is 23.8 Å². The Balaban J connectivity index is 2.51.